The molecule has 0 spiro atoms. The Bertz CT molecular complexity index is 993. The molecule has 2 aromatic carbocycles. The van der Waals surface area contributed by atoms with Crippen LogP contribution in [0.1, 0.15) is 33.3 Å². The molecule has 0 aliphatic carbocycles. The maximum absolute atomic E-state index is 12.4. The monoisotopic (exact) mass is 394 g/mol. The lowest BCUT2D eigenvalue weighted by Crippen LogP contribution is -2.10. The van der Waals surface area contributed by atoms with E-state index in [-0.39, 0.29) is 11.8 Å². The minimum atomic E-state index is -0.172. The van der Waals surface area contributed by atoms with Crippen LogP contribution < -0.4 is 15.4 Å². The highest BCUT2D eigenvalue weighted by molar-refractivity contribution is 7.12. The highest BCUT2D eigenvalue weighted by atomic mass is 32.1. The molecule has 3 rings (SSSR count). The van der Waals surface area contributed by atoms with Crippen LogP contribution >= 0.6 is 11.3 Å². The minimum absolute atomic E-state index is 0.133. The second-order valence-electron chi connectivity index (χ2n) is 6.57. The van der Waals surface area contributed by atoms with E-state index < -0.39 is 0 Å². The van der Waals surface area contributed by atoms with Gasteiger partial charge in [-0.15, -0.1) is 11.3 Å². The molecule has 28 heavy (non-hydrogen) atoms. The number of carbonyl (C=O) groups is 2. The van der Waals surface area contributed by atoms with E-state index in [2.05, 4.69) is 24.5 Å². The van der Waals surface area contributed by atoms with Gasteiger partial charge >= 0.3 is 0 Å². The van der Waals surface area contributed by atoms with E-state index in [0.717, 1.165) is 11.3 Å². The lowest BCUT2D eigenvalue weighted by atomic mass is 10.1. The number of rotatable bonds is 6. The van der Waals surface area contributed by atoms with Gasteiger partial charge in [0.1, 0.15) is 12.4 Å². The standard InChI is InChI=1S/C22H22N2O3S/c1-14-4-9-20(10-15(14)2)27-12-17-11-21(28-13-17)22(26)24-19-7-5-18(6-8-19)23-16(3)25/h4-11,13H,12H2,1-3H3,(H,23,25)(H,24,26). The van der Waals surface area contributed by atoms with Gasteiger partial charge in [0.25, 0.3) is 5.91 Å². The lowest BCUT2D eigenvalue weighted by Gasteiger charge is -2.07. The van der Waals surface area contributed by atoms with Gasteiger partial charge in [-0.1, -0.05) is 6.07 Å². The van der Waals surface area contributed by atoms with Crippen LogP contribution in [-0.2, 0) is 11.4 Å². The number of hydrogen-bond donors (Lipinski definition) is 2. The molecule has 2 N–H and O–H groups in total. The summed E-state index contributed by atoms with van der Waals surface area (Å²) < 4.78 is 5.82. The first kappa shape index (κ1) is 19.6. The minimum Gasteiger partial charge on any atom is -0.489 e. The number of carbonyl (C=O) groups excluding carboxylic acids is 2. The first-order valence-electron chi connectivity index (χ1n) is 8.87. The number of hydrogen-bond acceptors (Lipinski definition) is 4. The van der Waals surface area contributed by atoms with Crippen LogP contribution in [0.25, 0.3) is 0 Å². The molecule has 3 aromatic rings. The van der Waals surface area contributed by atoms with Crippen molar-refractivity contribution in [3.05, 3.63) is 75.5 Å². The Morgan fingerprint density at radius 1 is 0.929 bits per heavy atom. The molecule has 2 amide bonds. The summed E-state index contributed by atoms with van der Waals surface area (Å²) in [6.45, 7) is 5.99. The average Bonchev–Trinajstić information content (AvgIpc) is 3.13. The van der Waals surface area contributed by atoms with Crippen molar-refractivity contribution in [2.75, 3.05) is 10.6 Å². The molecule has 0 saturated heterocycles. The number of anilines is 2. The Labute approximate surface area is 168 Å². The Kier molecular flexibility index (Phi) is 6.11. The number of thiophene rings is 1. The SMILES string of the molecule is CC(=O)Nc1ccc(NC(=O)c2cc(COc3ccc(C)c(C)c3)cs2)cc1. The van der Waals surface area contributed by atoms with Gasteiger partial charge in [-0.2, -0.15) is 0 Å². The molecule has 5 nitrogen and oxygen atoms in total. The van der Waals surface area contributed by atoms with E-state index in [4.69, 9.17) is 4.74 Å². The van der Waals surface area contributed by atoms with Gasteiger partial charge in [0.05, 0.1) is 4.88 Å². The summed E-state index contributed by atoms with van der Waals surface area (Å²) in [6, 6.07) is 14.8. The second kappa shape index (κ2) is 8.71. The van der Waals surface area contributed by atoms with E-state index >= 15 is 0 Å². The molecule has 0 atom stereocenters. The van der Waals surface area contributed by atoms with Crippen LogP contribution in [0.2, 0.25) is 0 Å². The number of benzene rings is 2. The van der Waals surface area contributed by atoms with Gasteiger partial charge in [0, 0.05) is 23.9 Å². The topological polar surface area (TPSA) is 67.4 Å². The molecule has 0 fully saturated rings. The van der Waals surface area contributed by atoms with E-state index in [9.17, 15) is 9.59 Å². The Morgan fingerprint density at radius 2 is 1.61 bits per heavy atom. The third kappa shape index (κ3) is 5.20. The molecule has 0 radical (unpaired) electrons. The van der Waals surface area contributed by atoms with Crippen molar-refractivity contribution in [1.29, 1.82) is 0 Å². The number of ether oxygens (including phenoxy) is 1. The number of amides is 2. The van der Waals surface area contributed by atoms with E-state index in [1.807, 2.05) is 29.6 Å². The van der Waals surface area contributed by atoms with Crippen LogP contribution in [0.15, 0.2) is 53.9 Å². The lowest BCUT2D eigenvalue weighted by molar-refractivity contribution is -0.114. The molecule has 0 aliphatic rings. The third-order valence-electron chi connectivity index (χ3n) is 4.22. The van der Waals surface area contributed by atoms with Crippen LogP contribution in [-0.4, -0.2) is 11.8 Å². The van der Waals surface area contributed by atoms with E-state index in [0.29, 0.717) is 22.9 Å². The number of aryl methyl sites for hydroxylation is 2. The van der Waals surface area contributed by atoms with Gasteiger partial charge in [-0.3, -0.25) is 9.59 Å². The first-order valence-corrected chi connectivity index (χ1v) is 9.75. The molecule has 144 valence electrons. The van der Waals surface area contributed by atoms with Crippen LogP contribution in [0, 0.1) is 13.8 Å². The van der Waals surface area contributed by atoms with Crippen molar-refractivity contribution in [3.63, 3.8) is 0 Å². The normalized spacial score (nSPS) is 10.4. The smallest absolute Gasteiger partial charge is 0.265 e. The Hall–Kier alpha value is -3.12. The molecule has 0 aliphatic heterocycles. The molecule has 6 heteroatoms. The molecule has 1 heterocycles. The van der Waals surface area contributed by atoms with Crippen LogP contribution in [0.4, 0.5) is 11.4 Å². The van der Waals surface area contributed by atoms with Crippen molar-refractivity contribution < 1.29 is 14.3 Å². The van der Waals surface area contributed by atoms with E-state index in [1.54, 1.807) is 24.3 Å². The van der Waals surface area contributed by atoms with Crippen LogP contribution in [0.5, 0.6) is 5.75 Å². The molecule has 0 saturated carbocycles. The number of nitrogens with one attached hydrogen (secondary N) is 2. The Morgan fingerprint density at radius 3 is 2.25 bits per heavy atom. The second-order valence-corrected chi connectivity index (χ2v) is 7.48. The predicted octanol–water partition coefficient (Wildman–Crippen LogP) is 5.15. The van der Waals surface area contributed by atoms with Gasteiger partial charge in [0.2, 0.25) is 5.91 Å². The Balaban J connectivity index is 1.57. The summed E-state index contributed by atoms with van der Waals surface area (Å²) in [5, 5.41) is 7.47. The van der Waals surface area contributed by atoms with Crippen molar-refractivity contribution in [2.45, 2.75) is 27.4 Å². The molecular formula is C22H22N2O3S. The van der Waals surface area contributed by atoms with Crippen molar-refractivity contribution in [2.24, 2.45) is 0 Å². The average molecular weight is 394 g/mol. The summed E-state index contributed by atoms with van der Waals surface area (Å²) in [5.41, 5.74) is 4.72. The molecule has 0 bridgehead atoms. The van der Waals surface area contributed by atoms with Gasteiger partial charge < -0.3 is 15.4 Å². The molecule has 0 unspecified atom stereocenters. The van der Waals surface area contributed by atoms with Crippen molar-refractivity contribution >= 4 is 34.5 Å². The van der Waals surface area contributed by atoms with Gasteiger partial charge in [-0.05, 0) is 72.8 Å². The molecular weight excluding hydrogens is 372 g/mol. The van der Waals surface area contributed by atoms with Gasteiger partial charge in [-0.25, -0.2) is 0 Å². The predicted molar refractivity (Wildman–Crippen MR) is 113 cm³/mol. The summed E-state index contributed by atoms with van der Waals surface area (Å²) in [6.07, 6.45) is 0. The van der Waals surface area contributed by atoms with Crippen LogP contribution in [0.3, 0.4) is 0 Å². The summed E-state index contributed by atoms with van der Waals surface area (Å²) in [5.74, 6) is 0.514. The highest BCUT2D eigenvalue weighted by Gasteiger charge is 2.10. The maximum atomic E-state index is 12.4. The highest BCUT2D eigenvalue weighted by Crippen LogP contribution is 2.21. The third-order valence-corrected chi connectivity index (χ3v) is 5.20. The van der Waals surface area contributed by atoms with Gasteiger partial charge in [0.15, 0.2) is 0 Å². The summed E-state index contributed by atoms with van der Waals surface area (Å²) >= 11 is 1.38. The fourth-order valence-corrected chi connectivity index (χ4v) is 3.37. The summed E-state index contributed by atoms with van der Waals surface area (Å²) in [4.78, 5) is 24.1. The fourth-order valence-electron chi connectivity index (χ4n) is 2.57. The van der Waals surface area contributed by atoms with Crippen molar-refractivity contribution in [3.8, 4) is 5.75 Å². The maximum Gasteiger partial charge on any atom is 0.265 e. The van der Waals surface area contributed by atoms with Crippen molar-refractivity contribution in [1.82, 2.24) is 0 Å². The summed E-state index contributed by atoms with van der Waals surface area (Å²) in [7, 11) is 0. The largest absolute Gasteiger partial charge is 0.489 e. The van der Waals surface area contributed by atoms with E-state index in [1.165, 1.54) is 29.4 Å². The fraction of sp³-hybridized carbons (Fsp3) is 0.182. The quantitative estimate of drug-likeness (QED) is 0.607. The first-order chi connectivity index (χ1) is 13.4. The molecule has 1 aromatic heterocycles. The zero-order valence-corrected chi connectivity index (χ0v) is 16.9. The zero-order valence-electron chi connectivity index (χ0n) is 16.0. The zero-order chi connectivity index (χ0) is 20.1.